The third kappa shape index (κ3) is 3.49. The Balaban J connectivity index is 1.53. The number of nitrogens with zero attached hydrogens (tertiary/aromatic N) is 1. The van der Waals surface area contributed by atoms with Crippen LogP contribution in [-0.4, -0.2) is 25.5 Å². The molecule has 0 unspecified atom stereocenters. The van der Waals surface area contributed by atoms with Gasteiger partial charge in [-0.1, -0.05) is 0 Å². The van der Waals surface area contributed by atoms with E-state index in [9.17, 15) is 9.59 Å². The molecular formula is C22H20N2O4. The van der Waals surface area contributed by atoms with Gasteiger partial charge in [0.1, 0.15) is 5.75 Å². The Kier molecular flexibility index (Phi) is 4.85. The molecule has 2 heterocycles. The SMILES string of the molecule is COc1ccc(C(=O)Nc2ccc3c(c2)CCCN3C(=O)c2ccco2)cc1. The molecule has 0 spiro atoms. The number of carbonyl (C=O) groups excluding carboxylic acids is 2. The largest absolute Gasteiger partial charge is 0.497 e. The topological polar surface area (TPSA) is 71.8 Å². The van der Waals surface area contributed by atoms with Crippen molar-refractivity contribution in [2.24, 2.45) is 0 Å². The van der Waals surface area contributed by atoms with Crippen molar-refractivity contribution < 1.29 is 18.7 Å². The van der Waals surface area contributed by atoms with Gasteiger partial charge in [-0.2, -0.15) is 0 Å². The summed E-state index contributed by atoms with van der Waals surface area (Å²) in [4.78, 5) is 26.9. The number of rotatable bonds is 4. The molecule has 1 aliphatic rings. The average molecular weight is 376 g/mol. The molecule has 1 N–H and O–H groups in total. The number of hydrogen-bond donors (Lipinski definition) is 1. The lowest BCUT2D eigenvalue weighted by molar-refractivity contribution is 0.0957. The molecule has 0 aliphatic carbocycles. The number of nitrogens with one attached hydrogen (secondary N) is 1. The Bertz CT molecular complexity index is 994. The molecule has 1 aliphatic heterocycles. The third-order valence-corrected chi connectivity index (χ3v) is 4.79. The van der Waals surface area contributed by atoms with Gasteiger partial charge >= 0.3 is 0 Å². The van der Waals surface area contributed by atoms with E-state index in [1.54, 1.807) is 48.4 Å². The number of amides is 2. The number of carbonyl (C=O) groups is 2. The first kappa shape index (κ1) is 17.9. The normalized spacial score (nSPS) is 13.0. The van der Waals surface area contributed by atoms with Crippen LogP contribution >= 0.6 is 0 Å². The molecule has 142 valence electrons. The molecule has 6 nitrogen and oxygen atoms in total. The van der Waals surface area contributed by atoms with E-state index in [1.807, 2.05) is 18.2 Å². The van der Waals surface area contributed by atoms with E-state index in [0.717, 1.165) is 24.1 Å². The predicted molar refractivity (Wildman–Crippen MR) is 106 cm³/mol. The van der Waals surface area contributed by atoms with Gasteiger partial charge < -0.3 is 19.4 Å². The number of furan rings is 1. The minimum absolute atomic E-state index is 0.152. The fourth-order valence-corrected chi connectivity index (χ4v) is 3.36. The zero-order valence-corrected chi connectivity index (χ0v) is 15.5. The Morgan fingerprint density at radius 1 is 1.11 bits per heavy atom. The molecule has 0 fully saturated rings. The molecule has 0 saturated carbocycles. The van der Waals surface area contributed by atoms with Crippen LogP contribution in [0.2, 0.25) is 0 Å². The molecule has 2 amide bonds. The van der Waals surface area contributed by atoms with Gasteiger partial charge in [-0.25, -0.2) is 0 Å². The molecular weight excluding hydrogens is 356 g/mol. The van der Waals surface area contributed by atoms with Gasteiger partial charge in [0.05, 0.1) is 13.4 Å². The maximum Gasteiger partial charge on any atom is 0.293 e. The lowest BCUT2D eigenvalue weighted by atomic mass is 10.0. The lowest BCUT2D eigenvalue weighted by Crippen LogP contribution is -2.35. The van der Waals surface area contributed by atoms with Crippen molar-refractivity contribution in [3.63, 3.8) is 0 Å². The molecule has 0 radical (unpaired) electrons. The Hall–Kier alpha value is -3.54. The van der Waals surface area contributed by atoms with Crippen molar-refractivity contribution in [1.82, 2.24) is 0 Å². The highest BCUT2D eigenvalue weighted by Gasteiger charge is 2.25. The maximum atomic E-state index is 12.7. The van der Waals surface area contributed by atoms with E-state index >= 15 is 0 Å². The minimum atomic E-state index is -0.193. The third-order valence-electron chi connectivity index (χ3n) is 4.79. The van der Waals surface area contributed by atoms with Crippen molar-refractivity contribution >= 4 is 23.2 Å². The smallest absolute Gasteiger partial charge is 0.293 e. The standard InChI is InChI=1S/C22H20N2O4/c1-27-18-9-6-15(7-10-18)21(25)23-17-8-11-19-16(14-17)4-2-12-24(19)22(26)20-5-3-13-28-20/h3,5-11,13-14H,2,4,12H2,1H3,(H,23,25). The first-order chi connectivity index (χ1) is 13.7. The van der Waals surface area contributed by atoms with Gasteiger partial charge in [0, 0.05) is 23.5 Å². The molecule has 2 aromatic carbocycles. The molecule has 4 rings (SSSR count). The maximum absolute atomic E-state index is 12.7. The zero-order chi connectivity index (χ0) is 19.5. The highest BCUT2D eigenvalue weighted by Crippen LogP contribution is 2.31. The minimum Gasteiger partial charge on any atom is -0.497 e. The van der Waals surface area contributed by atoms with Crippen molar-refractivity contribution in [3.8, 4) is 5.75 Å². The first-order valence-corrected chi connectivity index (χ1v) is 9.09. The summed E-state index contributed by atoms with van der Waals surface area (Å²) < 4.78 is 10.4. The highest BCUT2D eigenvalue weighted by atomic mass is 16.5. The van der Waals surface area contributed by atoms with Crippen molar-refractivity contribution in [3.05, 3.63) is 77.7 Å². The van der Waals surface area contributed by atoms with Gasteiger partial charge in [0.15, 0.2) is 5.76 Å². The van der Waals surface area contributed by atoms with Crippen molar-refractivity contribution in [2.45, 2.75) is 12.8 Å². The van der Waals surface area contributed by atoms with Gasteiger partial charge in [-0.3, -0.25) is 9.59 Å². The summed E-state index contributed by atoms with van der Waals surface area (Å²) in [7, 11) is 1.59. The van der Waals surface area contributed by atoms with E-state index in [0.29, 0.717) is 29.3 Å². The summed E-state index contributed by atoms with van der Waals surface area (Å²) in [5.74, 6) is 0.680. The van der Waals surface area contributed by atoms with Gasteiger partial charge in [-0.05, 0) is 73.0 Å². The van der Waals surface area contributed by atoms with Crippen LogP contribution in [0.5, 0.6) is 5.75 Å². The van der Waals surface area contributed by atoms with Gasteiger partial charge in [0.25, 0.3) is 11.8 Å². The number of anilines is 2. The monoisotopic (exact) mass is 376 g/mol. The number of ether oxygens (including phenoxy) is 1. The molecule has 1 aromatic heterocycles. The van der Waals surface area contributed by atoms with Gasteiger partial charge in [0.2, 0.25) is 0 Å². The molecule has 28 heavy (non-hydrogen) atoms. The van der Waals surface area contributed by atoms with E-state index in [4.69, 9.17) is 9.15 Å². The van der Waals surface area contributed by atoms with Crippen LogP contribution in [0.15, 0.2) is 65.3 Å². The second-order valence-electron chi connectivity index (χ2n) is 6.56. The quantitative estimate of drug-likeness (QED) is 0.743. The Morgan fingerprint density at radius 2 is 1.93 bits per heavy atom. The van der Waals surface area contributed by atoms with Crippen LogP contribution < -0.4 is 15.0 Å². The molecule has 6 heteroatoms. The molecule has 3 aromatic rings. The van der Waals surface area contributed by atoms with Crippen LogP contribution in [-0.2, 0) is 6.42 Å². The Labute approximate surface area is 162 Å². The van der Waals surface area contributed by atoms with E-state index in [1.165, 1.54) is 6.26 Å². The number of methoxy groups -OCH3 is 1. The summed E-state index contributed by atoms with van der Waals surface area (Å²) in [6.07, 6.45) is 3.20. The number of benzene rings is 2. The summed E-state index contributed by atoms with van der Waals surface area (Å²) in [6.45, 7) is 0.643. The van der Waals surface area contributed by atoms with E-state index in [-0.39, 0.29) is 11.8 Å². The van der Waals surface area contributed by atoms with Crippen molar-refractivity contribution in [2.75, 3.05) is 23.9 Å². The number of aryl methyl sites for hydroxylation is 1. The average Bonchev–Trinajstić information content (AvgIpc) is 3.27. The van der Waals surface area contributed by atoms with Crippen molar-refractivity contribution in [1.29, 1.82) is 0 Å². The predicted octanol–water partition coefficient (Wildman–Crippen LogP) is 4.13. The van der Waals surface area contributed by atoms with Gasteiger partial charge in [-0.15, -0.1) is 0 Å². The second-order valence-corrected chi connectivity index (χ2v) is 6.56. The fourth-order valence-electron chi connectivity index (χ4n) is 3.36. The van der Waals surface area contributed by atoms with Crippen LogP contribution in [0.3, 0.4) is 0 Å². The number of hydrogen-bond acceptors (Lipinski definition) is 4. The molecule has 0 bridgehead atoms. The van der Waals surface area contributed by atoms with E-state index in [2.05, 4.69) is 5.32 Å². The summed E-state index contributed by atoms with van der Waals surface area (Å²) >= 11 is 0. The zero-order valence-electron chi connectivity index (χ0n) is 15.5. The second kappa shape index (κ2) is 7.60. The number of fused-ring (bicyclic) bond motifs is 1. The highest BCUT2D eigenvalue weighted by molar-refractivity contribution is 6.06. The summed E-state index contributed by atoms with van der Waals surface area (Å²) in [6, 6.07) is 15.9. The van der Waals surface area contributed by atoms with E-state index < -0.39 is 0 Å². The van der Waals surface area contributed by atoms with Crippen LogP contribution in [0.1, 0.15) is 32.9 Å². The van der Waals surface area contributed by atoms with Crippen LogP contribution in [0.4, 0.5) is 11.4 Å². The van der Waals surface area contributed by atoms with Crippen LogP contribution in [0.25, 0.3) is 0 Å². The summed E-state index contributed by atoms with van der Waals surface area (Å²) in [5, 5.41) is 2.92. The van der Waals surface area contributed by atoms with Crippen LogP contribution in [0, 0.1) is 0 Å². The Morgan fingerprint density at radius 3 is 2.64 bits per heavy atom. The lowest BCUT2D eigenvalue weighted by Gasteiger charge is -2.29. The summed E-state index contributed by atoms with van der Waals surface area (Å²) in [5.41, 5.74) is 3.13. The molecule has 0 saturated heterocycles. The molecule has 0 atom stereocenters. The fraction of sp³-hybridized carbons (Fsp3) is 0.182. The first-order valence-electron chi connectivity index (χ1n) is 9.09.